The topological polar surface area (TPSA) is 56.0 Å². The smallest absolute Gasteiger partial charge is 0.0659 e. The maximum Gasteiger partial charge on any atom is 0.0659 e. The fraction of sp³-hybridized carbons (Fsp3) is 0.500. The Morgan fingerprint density at radius 3 is 2.86 bits per heavy atom. The third-order valence-electron chi connectivity index (χ3n) is 1.70. The molecule has 0 bridgehead atoms. The summed E-state index contributed by atoms with van der Waals surface area (Å²) in [5.41, 5.74) is 7.40. The molecule has 14 heavy (non-hydrogen) atoms. The molecule has 1 rings (SSSR count). The summed E-state index contributed by atoms with van der Waals surface area (Å²) in [6.07, 6.45) is 0. The van der Waals surface area contributed by atoms with Crippen LogP contribution in [0, 0.1) is 6.92 Å². The van der Waals surface area contributed by atoms with E-state index in [0.29, 0.717) is 11.5 Å². The lowest BCUT2D eigenvalue weighted by atomic mass is 10.3. The van der Waals surface area contributed by atoms with Crippen molar-refractivity contribution in [2.24, 2.45) is 5.73 Å². The van der Waals surface area contributed by atoms with Crippen molar-refractivity contribution in [3.63, 3.8) is 0 Å². The van der Waals surface area contributed by atoms with Gasteiger partial charge < -0.3 is 5.73 Å². The van der Waals surface area contributed by atoms with Crippen molar-refractivity contribution in [3.8, 4) is 0 Å². The molecule has 0 saturated heterocycles. The van der Waals surface area contributed by atoms with E-state index in [4.69, 9.17) is 5.73 Å². The Balaban J connectivity index is 2.56. The molecule has 3 nitrogen and oxygen atoms in total. The van der Waals surface area contributed by atoms with Gasteiger partial charge in [-0.05, 0) is 26.0 Å². The molecule has 2 unspecified atom stereocenters. The summed E-state index contributed by atoms with van der Waals surface area (Å²) in [5.74, 6) is 1.04. The Labute approximate surface area is 87.2 Å². The highest BCUT2D eigenvalue weighted by atomic mass is 32.2. The highest BCUT2D eigenvalue weighted by Crippen LogP contribution is 2.02. The molecule has 0 aliphatic rings. The summed E-state index contributed by atoms with van der Waals surface area (Å²) in [6.45, 7) is 3.79. The second-order valence-electron chi connectivity index (χ2n) is 3.50. The first-order valence-electron chi connectivity index (χ1n) is 4.61. The first-order chi connectivity index (χ1) is 6.58. The number of nitrogens with two attached hydrogens (primary N) is 1. The van der Waals surface area contributed by atoms with Crippen molar-refractivity contribution in [1.29, 1.82) is 0 Å². The lowest BCUT2D eigenvalue weighted by Gasteiger charge is -2.05. The molecule has 1 aromatic rings. The number of rotatable bonds is 4. The van der Waals surface area contributed by atoms with Crippen LogP contribution in [0.3, 0.4) is 0 Å². The zero-order valence-electron chi connectivity index (χ0n) is 8.56. The Morgan fingerprint density at radius 1 is 1.57 bits per heavy atom. The third-order valence-corrected chi connectivity index (χ3v) is 3.22. The Morgan fingerprint density at radius 2 is 2.29 bits per heavy atom. The van der Waals surface area contributed by atoms with Gasteiger partial charge in [-0.1, -0.05) is 6.07 Å². The first kappa shape index (κ1) is 11.3. The summed E-state index contributed by atoms with van der Waals surface area (Å²) in [6, 6.07) is 5.74. The van der Waals surface area contributed by atoms with Gasteiger partial charge in [-0.25, -0.2) is 0 Å². The SMILES string of the molecule is Cc1cccc(CS(=O)CC(C)N)n1. The Kier molecular flexibility index (Phi) is 4.22. The van der Waals surface area contributed by atoms with Gasteiger partial charge in [0.25, 0.3) is 0 Å². The van der Waals surface area contributed by atoms with E-state index in [2.05, 4.69) is 4.98 Å². The second kappa shape index (κ2) is 5.22. The lowest BCUT2D eigenvalue weighted by molar-refractivity contribution is 0.675. The highest BCUT2D eigenvalue weighted by Gasteiger charge is 2.05. The number of aromatic nitrogens is 1. The summed E-state index contributed by atoms with van der Waals surface area (Å²) in [5, 5.41) is 0. The van der Waals surface area contributed by atoms with Gasteiger partial charge in [0.05, 0.1) is 11.4 Å². The minimum absolute atomic E-state index is 0.0133. The van der Waals surface area contributed by atoms with E-state index in [1.165, 1.54) is 0 Å². The van der Waals surface area contributed by atoms with Crippen LogP contribution in [0.5, 0.6) is 0 Å². The minimum Gasteiger partial charge on any atom is -0.327 e. The minimum atomic E-state index is -0.897. The van der Waals surface area contributed by atoms with Crippen LogP contribution in [-0.4, -0.2) is 21.0 Å². The van der Waals surface area contributed by atoms with Crippen LogP contribution in [-0.2, 0) is 16.6 Å². The molecule has 2 atom stereocenters. The number of nitrogens with zero attached hydrogens (tertiary/aromatic N) is 1. The van der Waals surface area contributed by atoms with Crippen LogP contribution in [0.25, 0.3) is 0 Å². The van der Waals surface area contributed by atoms with Gasteiger partial charge in [0.15, 0.2) is 0 Å². The van der Waals surface area contributed by atoms with Crippen molar-refractivity contribution in [3.05, 3.63) is 29.6 Å². The van der Waals surface area contributed by atoms with Crippen molar-refractivity contribution in [1.82, 2.24) is 4.98 Å². The zero-order valence-corrected chi connectivity index (χ0v) is 9.38. The zero-order chi connectivity index (χ0) is 10.6. The van der Waals surface area contributed by atoms with Gasteiger partial charge in [0.2, 0.25) is 0 Å². The van der Waals surface area contributed by atoms with Crippen molar-refractivity contribution >= 4 is 10.8 Å². The molecule has 1 heterocycles. The molecule has 0 aliphatic carbocycles. The molecule has 4 heteroatoms. The van der Waals surface area contributed by atoms with E-state index in [9.17, 15) is 4.21 Å². The molecule has 78 valence electrons. The quantitative estimate of drug-likeness (QED) is 0.809. The normalized spacial score (nSPS) is 15.1. The number of aryl methyl sites for hydroxylation is 1. The molecule has 0 amide bonds. The number of hydrogen-bond acceptors (Lipinski definition) is 3. The fourth-order valence-corrected chi connectivity index (χ4v) is 2.39. The molecule has 0 spiro atoms. The number of hydrogen-bond donors (Lipinski definition) is 1. The maximum absolute atomic E-state index is 11.5. The Bertz CT molecular complexity index is 326. The summed E-state index contributed by atoms with van der Waals surface area (Å²) in [7, 11) is -0.897. The highest BCUT2D eigenvalue weighted by molar-refractivity contribution is 7.84. The molecule has 2 N–H and O–H groups in total. The Hall–Kier alpha value is -0.740. The molecule has 0 aliphatic heterocycles. The van der Waals surface area contributed by atoms with Gasteiger partial charge in [0, 0.05) is 28.3 Å². The van der Waals surface area contributed by atoms with E-state index in [1.807, 2.05) is 32.0 Å². The first-order valence-corrected chi connectivity index (χ1v) is 6.10. The van der Waals surface area contributed by atoms with Crippen molar-refractivity contribution in [2.45, 2.75) is 25.6 Å². The van der Waals surface area contributed by atoms with Crippen LogP contribution in [0.4, 0.5) is 0 Å². The predicted molar refractivity (Wildman–Crippen MR) is 59.3 cm³/mol. The largest absolute Gasteiger partial charge is 0.327 e. The van der Waals surface area contributed by atoms with Crippen LogP contribution < -0.4 is 5.73 Å². The summed E-state index contributed by atoms with van der Waals surface area (Å²) in [4.78, 5) is 4.29. The molecule has 1 aromatic heterocycles. The van der Waals surface area contributed by atoms with Crippen LogP contribution in [0.15, 0.2) is 18.2 Å². The molecule has 0 fully saturated rings. The van der Waals surface area contributed by atoms with Crippen molar-refractivity contribution in [2.75, 3.05) is 5.75 Å². The van der Waals surface area contributed by atoms with Crippen LogP contribution in [0.1, 0.15) is 18.3 Å². The average Bonchev–Trinajstić information content (AvgIpc) is 2.01. The molecular weight excluding hydrogens is 196 g/mol. The standard InChI is InChI=1S/C10H16N2OS/c1-8(11)6-14(13)7-10-5-3-4-9(2)12-10/h3-5,8H,6-7,11H2,1-2H3. The number of pyridine rings is 1. The van der Waals surface area contributed by atoms with Crippen molar-refractivity contribution < 1.29 is 4.21 Å². The monoisotopic (exact) mass is 212 g/mol. The fourth-order valence-electron chi connectivity index (χ4n) is 1.20. The van der Waals surface area contributed by atoms with Crippen LogP contribution >= 0.6 is 0 Å². The van der Waals surface area contributed by atoms with E-state index in [-0.39, 0.29) is 6.04 Å². The van der Waals surface area contributed by atoms with Gasteiger partial charge in [-0.2, -0.15) is 0 Å². The molecular formula is C10H16N2OS. The van der Waals surface area contributed by atoms with E-state index in [1.54, 1.807) is 0 Å². The lowest BCUT2D eigenvalue weighted by Crippen LogP contribution is -2.23. The molecule has 0 aromatic carbocycles. The second-order valence-corrected chi connectivity index (χ2v) is 5.00. The summed E-state index contributed by atoms with van der Waals surface area (Å²) < 4.78 is 11.5. The summed E-state index contributed by atoms with van der Waals surface area (Å²) >= 11 is 0. The van der Waals surface area contributed by atoms with E-state index >= 15 is 0 Å². The van der Waals surface area contributed by atoms with Gasteiger partial charge in [-0.15, -0.1) is 0 Å². The third kappa shape index (κ3) is 3.98. The van der Waals surface area contributed by atoms with Crippen LogP contribution in [0.2, 0.25) is 0 Å². The average molecular weight is 212 g/mol. The van der Waals surface area contributed by atoms with E-state index in [0.717, 1.165) is 11.4 Å². The molecule has 0 radical (unpaired) electrons. The molecule has 0 saturated carbocycles. The van der Waals surface area contributed by atoms with Gasteiger partial charge in [-0.3, -0.25) is 9.19 Å². The van der Waals surface area contributed by atoms with Gasteiger partial charge in [0.1, 0.15) is 0 Å². The van der Waals surface area contributed by atoms with Gasteiger partial charge >= 0.3 is 0 Å². The maximum atomic E-state index is 11.5. The predicted octanol–water partition coefficient (Wildman–Crippen LogP) is 0.986. The van der Waals surface area contributed by atoms with E-state index < -0.39 is 10.8 Å².